The van der Waals surface area contributed by atoms with Crippen LogP contribution in [0, 0.1) is 5.92 Å². The lowest BCUT2D eigenvalue weighted by molar-refractivity contribution is -0.0607. The predicted molar refractivity (Wildman–Crippen MR) is 58.3 cm³/mol. The van der Waals surface area contributed by atoms with Gasteiger partial charge in [-0.15, -0.1) is 0 Å². The third kappa shape index (κ3) is 1.96. The number of rotatable bonds is 2. The smallest absolute Gasteiger partial charge is 0.0688 e. The SMILES string of the molecule is CCN1CCCC(O)(C2CCC2)CC1. The van der Waals surface area contributed by atoms with E-state index in [2.05, 4.69) is 11.8 Å². The lowest BCUT2D eigenvalue weighted by atomic mass is 9.70. The van der Waals surface area contributed by atoms with E-state index in [4.69, 9.17) is 0 Å². The fraction of sp³-hybridized carbons (Fsp3) is 1.00. The molecule has 82 valence electrons. The Morgan fingerprint density at radius 1 is 1.21 bits per heavy atom. The average molecular weight is 197 g/mol. The maximum Gasteiger partial charge on any atom is 0.0688 e. The zero-order valence-corrected chi connectivity index (χ0v) is 9.34. The van der Waals surface area contributed by atoms with Gasteiger partial charge in [-0.05, 0) is 51.1 Å². The summed E-state index contributed by atoms with van der Waals surface area (Å²) >= 11 is 0. The second-order valence-corrected chi connectivity index (χ2v) is 5.02. The molecule has 0 aromatic carbocycles. The van der Waals surface area contributed by atoms with Gasteiger partial charge in [0.25, 0.3) is 0 Å². The summed E-state index contributed by atoms with van der Waals surface area (Å²) in [7, 11) is 0. The number of nitrogens with zero attached hydrogens (tertiary/aromatic N) is 1. The Hall–Kier alpha value is -0.0800. The summed E-state index contributed by atoms with van der Waals surface area (Å²) in [5, 5.41) is 10.6. The molecule has 14 heavy (non-hydrogen) atoms. The van der Waals surface area contributed by atoms with E-state index in [1.165, 1.54) is 32.2 Å². The summed E-state index contributed by atoms with van der Waals surface area (Å²) in [6.07, 6.45) is 7.09. The molecule has 0 amide bonds. The molecule has 0 aromatic heterocycles. The van der Waals surface area contributed by atoms with Crippen LogP contribution in [0.5, 0.6) is 0 Å². The summed E-state index contributed by atoms with van der Waals surface area (Å²) in [6, 6.07) is 0. The van der Waals surface area contributed by atoms with Gasteiger partial charge < -0.3 is 10.0 Å². The minimum Gasteiger partial charge on any atom is -0.390 e. The molecule has 1 atom stereocenters. The van der Waals surface area contributed by atoms with Crippen molar-refractivity contribution in [3.63, 3.8) is 0 Å². The molecule has 0 spiro atoms. The second-order valence-electron chi connectivity index (χ2n) is 5.02. The van der Waals surface area contributed by atoms with Crippen molar-refractivity contribution in [2.75, 3.05) is 19.6 Å². The van der Waals surface area contributed by atoms with Crippen LogP contribution < -0.4 is 0 Å². The van der Waals surface area contributed by atoms with Crippen molar-refractivity contribution in [1.29, 1.82) is 0 Å². The Morgan fingerprint density at radius 2 is 2.00 bits per heavy atom. The van der Waals surface area contributed by atoms with Crippen LogP contribution >= 0.6 is 0 Å². The van der Waals surface area contributed by atoms with Gasteiger partial charge in [-0.1, -0.05) is 13.3 Å². The van der Waals surface area contributed by atoms with Gasteiger partial charge in [-0.3, -0.25) is 0 Å². The molecule has 1 saturated heterocycles. The van der Waals surface area contributed by atoms with Crippen molar-refractivity contribution in [2.24, 2.45) is 5.92 Å². The van der Waals surface area contributed by atoms with Gasteiger partial charge in [0.15, 0.2) is 0 Å². The Morgan fingerprint density at radius 3 is 2.57 bits per heavy atom. The summed E-state index contributed by atoms with van der Waals surface area (Å²) < 4.78 is 0. The highest BCUT2D eigenvalue weighted by Gasteiger charge is 2.40. The van der Waals surface area contributed by atoms with Gasteiger partial charge in [-0.2, -0.15) is 0 Å². The Kier molecular flexibility index (Phi) is 3.13. The first-order valence-electron chi connectivity index (χ1n) is 6.19. The van der Waals surface area contributed by atoms with Crippen LogP contribution in [0.25, 0.3) is 0 Å². The third-order valence-electron chi connectivity index (χ3n) is 4.26. The van der Waals surface area contributed by atoms with E-state index in [-0.39, 0.29) is 5.60 Å². The third-order valence-corrected chi connectivity index (χ3v) is 4.26. The van der Waals surface area contributed by atoms with Crippen molar-refractivity contribution >= 4 is 0 Å². The fourth-order valence-electron chi connectivity index (χ4n) is 2.87. The van der Waals surface area contributed by atoms with Gasteiger partial charge in [0.1, 0.15) is 0 Å². The van der Waals surface area contributed by atoms with E-state index < -0.39 is 0 Å². The van der Waals surface area contributed by atoms with Crippen molar-refractivity contribution < 1.29 is 5.11 Å². The summed E-state index contributed by atoms with van der Waals surface area (Å²) in [5.41, 5.74) is -0.303. The van der Waals surface area contributed by atoms with Gasteiger partial charge in [0, 0.05) is 6.54 Å². The standard InChI is InChI=1S/C12H23NO/c1-2-13-9-4-7-12(14,8-10-13)11-5-3-6-11/h11,14H,2-10H2,1H3. The van der Waals surface area contributed by atoms with Crippen LogP contribution in [0.15, 0.2) is 0 Å². The molecule has 2 nitrogen and oxygen atoms in total. The monoisotopic (exact) mass is 197 g/mol. The molecule has 1 saturated carbocycles. The van der Waals surface area contributed by atoms with Crippen LogP contribution in [-0.4, -0.2) is 35.2 Å². The first-order valence-corrected chi connectivity index (χ1v) is 6.19. The first-order chi connectivity index (χ1) is 6.74. The Balaban J connectivity index is 1.92. The van der Waals surface area contributed by atoms with Crippen molar-refractivity contribution in [2.45, 2.75) is 51.0 Å². The molecule has 1 aliphatic heterocycles. The predicted octanol–water partition coefficient (Wildman–Crippen LogP) is 2.02. The lowest BCUT2D eigenvalue weighted by Crippen LogP contribution is -2.42. The molecule has 2 heteroatoms. The summed E-state index contributed by atoms with van der Waals surface area (Å²) in [5.74, 6) is 0.624. The highest BCUT2D eigenvalue weighted by atomic mass is 16.3. The maximum atomic E-state index is 10.6. The van der Waals surface area contributed by atoms with E-state index in [0.29, 0.717) is 5.92 Å². The fourth-order valence-corrected chi connectivity index (χ4v) is 2.87. The molecule has 1 heterocycles. The molecular weight excluding hydrogens is 174 g/mol. The zero-order valence-electron chi connectivity index (χ0n) is 9.34. The molecule has 0 aromatic rings. The van der Waals surface area contributed by atoms with E-state index in [1.807, 2.05) is 0 Å². The second kappa shape index (κ2) is 4.19. The topological polar surface area (TPSA) is 23.5 Å². The summed E-state index contributed by atoms with van der Waals surface area (Å²) in [6.45, 7) is 5.64. The minimum atomic E-state index is -0.303. The van der Waals surface area contributed by atoms with Crippen LogP contribution in [0.4, 0.5) is 0 Å². The lowest BCUT2D eigenvalue weighted by Gasteiger charge is -2.41. The van der Waals surface area contributed by atoms with Crippen molar-refractivity contribution in [1.82, 2.24) is 4.90 Å². The molecule has 1 unspecified atom stereocenters. The van der Waals surface area contributed by atoms with Gasteiger partial charge in [0.05, 0.1) is 5.60 Å². The quantitative estimate of drug-likeness (QED) is 0.732. The molecule has 0 radical (unpaired) electrons. The van der Waals surface area contributed by atoms with Gasteiger partial charge >= 0.3 is 0 Å². The van der Waals surface area contributed by atoms with E-state index in [0.717, 1.165) is 25.9 Å². The molecule has 2 fully saturated rings. The molecular formula is C12H23NO. The Bertz CT molecular complexity index is 191. The zero-order chi connectivity index (χ0) is 10.0. The molecule has 2 aliphatic rings. The number of hydrogen-bond acceptors (Lipinski definition) is 2. The molecule has 1 aliphatic carbocycles. The first kappa shape index (κ1) is 10.4. The van der Waals surface area contributed by atoms with Crippen molar-refractivity contribution in [3.05, 3.63) is 0 Å². The van der Waals surface area contributed by atoms with Crippen molar-refractivity contribution in [3.8, 4) is 0 Å². The van der Waals surface area contributed by atoms with Gasteiger partial charge in [-0.25, -0.2) is 0 Å². The van der Waals surface area contributed by atoms with E-state index in [9.17, 15) is 5.11 Å². The minimum absolute atomic E-state index is 0.303. The number of hydrogen-bond donors (Lipinski definition) is 1. The van der Waals surface area contributed by atoms with E-state index >= 15 is 0 Å². The van der Waals surface area contributed by atoms with Gasteiger partial charge in [0.2, 0.25) is 0 Å². The molecule has 2 rings (SSSR count). The highest BCUT2D eigenvalue weighted by molar-refractivity contribution is 4.93. The molecule has 1 N–H and O–H groups in total. The Labute approximate surface area is 87.3 Å². The van der Waals surface area contributed by atoms with Crippen LogP contribution in [0.3, 0.4) is 0 Å². The average Bonchev–Trinajstić information content (AvgIpc) is 2.24. The van der Waals surface area contributed by atoms with Crippen LogP contribution in [0.2, 0.25) is 0 Å². The van der Waals surface area contributed by atoms with Crippen LogP contribution in [0.1, 0.15) is 45.4 Å². The maximum absolute atomic E-state index is 10.6. The summed E-state index contributed by atoms with van der Waals surface area (Å²) in [4.78, 5) is 2.47. The number of likely N-dealkylation sites (tertiary alicyclic amines) is 1. The highest BCUT2D eigenvalue weighted by Crippen LogP contribution is 2.41. The molecule has 0 bridgehead atoms. The number of aliphatic hydroxyl groups is 1. The normalized spacial score (nSPS) is 36.4. The van der Waals surface area contributed by atoms with Crippen LogP contribution in [-0.2, 0) is 0 Å². The largest absolute Gasteiger partial charge is 0.390 e. The van der Waals surface area contributed by atoms with E-state index in [1.54, 1.807) is 0 Å².